The van der Waals surface area contributed by atoms with Crippen LogP contribution in [0.25, 0.3) is 0 Å². The minimum atomic E-state index is 0.466. The zero-order valence-electron chi connectivity index (χ0n) is 13.4. The lowest BCUT2D eigenvalue weighted by atomic mass is 9.77. The average Bonchev–Trinajstić information content (AvgIpc) is 2.33. The molecule has 3 nitrogen and oxygen atoms in total. The number of hydrogen-bond donors (Lipinski definition) is 1. The first-order chi connectivity index (χ1) is 8.97. The molecule has 0 aromatic carbocycles. The Morgan fingerprint density at radius 1 is 1.11 bits per heavy atom. The van der Waals surface area contributed by atoms with Crippen molar-refractivity contribution in [1.82, 2.24) is 15.1 Å². The van der Waals surface area contributed by atoms with E-state index in [-0.39, 0.29) is 0 Å². The van der Waals surface area contributed by atoms with E-state index in [1.807, 2.05) is 0 Å². The summed E-state index contributed by atoms with van der Waals surface area (Å²) in [5.74, 6) is 0.797. The molecule has 0 aromatic heterocycles. The molecule has 2 rings (SSSR count). The Labute approximate surface area is 119 Å². The lowest BCUT2D eigenvalue weighted by Gasteiger charge is -2.44. The molecule has 1 N–H and O–H groups in total. The van der Waals surface area contributed by atoms with Gasteiger partial charge >= 0.3 is 0 Å². The maximum atomic E-state index is 3.74. The van der Waals surface area contributed by atoms with Crippen molar-refractivity contribution in [2.24, 2.45) is 11.3 Å². The SMILES string of the molecule is CC(C)CN1CCN(CC2NCCCC2(C)C)CC1. The largest absolute Gasteiger partial charge is 0.312 e. The molecule has 0 radical (unpaired) electrons. The van der Waals surface area contributed by atoms with Gasteiger partial charge < -0.3 is 10.2 Å². The quantitative estimate of drug-likeness (QED) is 0.841. The third-order valence-electron chi connectivity index (χ3n) is 4.86. The molecule has 0 aliphatic carbocycles. The van der Waals surface area contributed by atoms with E-state index in [1.165, 1.54) is 58.7 Å². The summed E-state index contributed by atoms with van der Waals surface area (Å²) in [6.07, 6.45) is 2.71. The molecule has 19 heavy (non-hydrogen) atoms. The molecule has 0 spiro atoms. The number of nitrogens with one attached hydrogen (secondary N) is 1. The lowest BCUT2D eigenvalue weighted by Crippen LogP contribution is -2.56. The molecule has 2 aliphatic heterocycles. The number of hydrogen-bond acceptors (Lipinski definition) is 3. The van der Waals surface area contributed by atoms with Crippen molar-refractivity contribution in [2.75, 3.05) is 45.8 Å². The number of nitrogens with zero attached hydrogens (tertiary/aromatic N) is 2. The summed E-state index contributed by atoms with van der Waals surface area (Å²) in [7, 11) is 0. The van der Waals surface area contributed by atoms with Gasteiger partial charge in [-0.15, -0.1) is 0 Å². The topological polar surface area (TPSA) is 18.5 Å². The molecule has 1 atom stereocenters. The predicted molar refractivity (Wildman–Crippen MR) is 82.5 cm³/mol. The highest BCUT2D eigenvalue weighted by Gasteiger charge is 2.33. The summed E-state index contributed by atoms with van der Waals surface area (Å²) in [4.78, 5) is 5.29. The van der Waals surface area contributed by atoms with Crippen LogP contribution in [0.15, 0.2) is 0 Å². The fourth-order valence-electron chi connectivity index (χ4n) is 3.51. The first-order valence-corrected chi connectivity index (χ1v) is 8.15. The fourth-order valence-corrected chi connectivity index (χ4v) is 3.51. The van der Waals surface area contributed by atoms with Crippen LogP contribution >= 0.6 is 0 Å². The summed E-state index contributed by atoms with van der Waals surface area (Å²) < 4.78 is 0. The molecule has 1 unspecified atom stereocenters. The Morgan fingerprint density at radius 2 is 1.74 bits per heavy atom. The Balaban J connectivity index is 1.76. The second-order valence-electron chi connectivity index (χ2n) is 7.59. The van der Waals surface area contributed by atoms with Crippen molar-refractivity contribution < 1.29 is 0 Å². The van der Waals surface area contributed by atoms with Crippen LogP contribution in [0.5, 0.6) is 0 Å². The third kappa shape index (κ3) is 4.44. The van der Waals surface area contributed by atoms with Gasteiger partial charge in [0.25, 0.3) is 0 Å². The molecule has 0 amide bonds. The monoisotopic (exact) mass is 267 g/mol. The van der Waals surface area contributed by atoms with Crippen LogP contribution in [0.3, 0.4) is 0 Å². The Bertz CT molecular complexity index is 267. The highest BCUT2D eigenvalue weighted by Crippen LogP contribution is 2.30. The van der Waals surface area contributed by atoms with Gasteiger partial charge in [0.05, 0.1) is 0 Å². The summed E-state index contributed by atoms with van der Waals surface area (Å²) in [5, 5.41) is 3.74. The number of rotatable bonds is 4. The van der Waals surface area contributed by atoms with Crippen molar-refractivity contribution >= 4 is 0 Å². The molecule has 0 saturated carbocycles. The number of piperazine rings is 1. The number of piperidine rings is 1. The molecule has 112 valence electrons. The first kappa shape index (κ1) is 15.3. The zero-order valence-corrected chi connectivity index (χ0v) is 13.4. The van der Waals surface area contributed by atoms with E-state index in [2.05, 4.69) is 42.8 Å². The smallest absolute Gasteiger partial charge is 0.0246 e. The lowest BCUT2D eigenvalue weighted by molar-refractivity contribution is 0.0798. The van der Waals surface area contributed by atoms with Gasteiger partial charge in [0, 0.05) is 45.3 Å². The van der Waals surface area contributed by atoms with E-state index in [1.54, 1.807) is 0 Å². The molecule has 0 aromatic rings. The van der Waals surface area contributed by atoms with Gasteiger partial charge in [0.1, 0.15) is 0 Å². The molecular formula is C16H33N3. The second-order valence-corrected chi connectivity index (χ2v) is 7.59. The van der Waals surface area contributed by atoms with Crippen molar-refractivity contribution in [2.45, 2.75) is 46.6 Å². The van der Waals surface area contributed by atoms with E-state index in [0.29, 0.717) is 11.5 Å². The van der Waals surface area contributed by atoms with Crippen LogP contribution in [0, 0.1) is 11.3 Å². The van der Waals surface area contributed by atoms with Crippen LogP contribution in [0.2, 0.25) is 0 Å². The fraction of sp³-hybridized carbons (Fsp3) is 1.00. The van der Waals surface area contributed by atoms with Crippen molar-refractivity contribution in [3.8, 4) is 0 Å². The minimum Gasteiger partial charge on any atom is -0.312 e. The van der Waals surface area contributed by atoms with Gasteiger partial charge in [-0.1, -0.05) is 27.7 Å². The molecular weight excluding hydrogens is 234 g/mol. The van der Waals surface area contributed by atoms with E-state index in [4.69, 9.17) is 0 Å². The molecule has 2 heterocycles. The predicted octanol–water partition coefficient (Wildman–Crippen LogP) is 2.04. The van der Waals surface area contributed by atoms with E-state index in [9.17, 15) is 0 Å². The van der Waals surface area contributed by atoms with Crippen LogP contribution in [0.1, 0.15) is 40.5 Å². The summed E-state index contributed by atoms with van der Waals surface area (Å²) in [5.41, 5.74) is 0.466. The van der Waals surface area contributed by atoms with E-state index >= 15 is 0 Å². The Hall–Kier alpha value is -0.120. The zero-order chi connectivity index (χ0) is 13.9. The van der Waals surface area contributed by atoms with Crippen LogP contribution < -0.4 is 5.32 Å². The Kier molecular flexibility index (Phi) is 5.27. The van der Waals surface area contributed by atoms with Gasteiger partial charge in [-0.2, -0.15) is 0 Å². The van der Waals surface area contributed by atoms with Crippen LogP contribution in [-0.2, 0) is 0 Å². The van der Waals surface area contributed by atoms with Crippen molar-refractivity contribution in [3.63, 3.8) is 0 Å². The molecule has 2 fully saturated rings. The highest BCUT2D eigenvalue weighted by molar-refractivity contribution is 4.91. The average molecular weight is 267 g/mol. The van der Waals surface area contributed by atoms with E-state index in [0.717, 1.165) is 5.92 Å². The van der Waals surface area contributed by atoms with Crippen molar-refractivity contribution in [1.29, 1.82) is 0 Å². The summed E-state index contributed by atoms with van der Waals surface area (Å²) in [6, 6.07) is 0.679. The highest BCUT2D eigenvalue weighted by atomic mass is 15.3. The summed E-state index contributed by atoms with van der Waals surface area (Å²) in [6.45, 7) is 18.2. The van der Waals surface area contributed by atoms with Gasteiger partial charge in [-0.25, -0.2) is 0 Å². The van der Waals surface area contributed by atoms with Gasteiger partial charge in [0.2, 0.25) is 0 Å². The minimum absolute atomic E-state index is 0.466. The molecule has 3 heteroatoms. The molecule has 2 saturated heterocycles. The molecule has 0 bridgehead atoms. The summed E-state index contributed by atoms with van der Waals surface area (Å²) >= 11 is 0. The standard InChI is InChI=1S/C16H33N3/c1-14(2)12-18-8-10-19(11-9-18)13-15-16(3,4)6-5-7-17-15/h14-15,17H,5-13H2,1-4H3. The van der Waals surface area contributed by atoms with Crippen LogP contribution in [-0.4, -0.2) is 61.7 Å². The maximum absolute atomic E-state index is 3.74. The second kappa shape index (κ2) is 6.55. The first-order valence-electron chi connectivity index (χ1n) is 8.15. The normalized spacial score (nSPS) is 29.8. The van der Waals surface area contributed by atoms with Crippen LogP contribution in [0.4, 0.5) is 0 Å². The van der Waals surface area contributed by atoms with Gasteiger partial charge in [-0.05, 0) is 30.7 Å². The van der Waals surface area contributed by atoms with Gasteiger partial charge in [0.15, 0.2) is 0 Å². The maximum Gasteiger partial charge on any atom is 0.0246 e. The van der Waals surface area contributed by atoms with Gasteiger partial charge in [-0.3, -0.25) is 4.90 Å². The molecule has 2 aliphatic rings. The van der Waals surface area contributed by atoms with Crippen molar-refractivity contribution in [3.05, 3.63) is 0 Å². The van der Waals surface area contributed by atoms with E-state index < -0.39 is 0 Å². The Morgan fingerprint density at radius 3 is 2.32 bits per heavy atom. The third-order valence-corrected chi connectivity index (χ3v) is 4.86.